The van der Waals surface area contributed by atoms with Crippen molar-refractivity contribution < 1.29 is 9.53 Å². The van der Waals surface area contributed by atoms with Crippen LogP contribution in [0.5, 0.6) is 0 Å². The van der Waals surface area contributed by atoms with Gasteiger partial charge >= 0.3 is 5.97 Å². The molecule has 0 bridgehead atoms. The van der Waals surface area contributed by atoms with Gasteiger partial charge in [0.1, 0.15) is 0 Å². The summed E-state index contributed by atoms with van der Waals surface area (Å²) in [6.07, 6.45) is 6.53. The minimum Gasteiger partial charge on any atom is -0.463 e. The summed E-state index contributed by atoms with van der Waals surface area (Å²) in [4.78, 5) is 15.9. The summed E-state index contributed by atoms with van der Waals surface area (Å²) in [6, 6.07) is 3.72. The van der Waals surface area contributed by atoms with Crippen molar-refractivity contribution in [3.8, 4) is 0 Å². The van der Waals surface area contributed by atoms with Gasteiger partial charge in [-0.2, -0.15) is 0 Å². The van der Waals surface area contributed by atoms with E-state index in [1.807, 2.05) is 18.2 Å². The molecule has 1 aromatic heterocycles. The van der Waals surface area contributed by atoms with E-state index in [4.69, 9.17) is 16.3 Å². The Morgan fingerprint density at radius 2 is 2.11 bits per heavy atom. The molecule has 0 N–H and O–H groups in total. The Balaban J connectivity index is 2.45. The lowest BCUT2D eigenvalue weighted by Crippen LogP contribution is -2.12. The number of halogens is 1. The number of aromatic nitrogens is 1. The van der Waals surface area contributed by atoms with Crippen molar-refractivity contribution in [1.29, 1.82) is 0 Å². The lowest BCUT2D eigenvalue weighted by Gasteiger charge is -2.16. The molecule has 94 valence electrons. The summed E-state index contributed by atoms with van der Waals surface area (Å²) in [6.45, 7) is 2.18. The number of rotatable bonds is 3. The molecule has 2 rings (SSSR count). The number of allylic oxidation sites excluding steroid dienone is 3. The van der Waals surface area contributed by atoms with Crippen LogP contribution in [0.2, 0.25) is 0 Å². The first kappa shape index (κ1) is 12.8. The monoisotopic (exact) mass is 263 g/mol. The van der Waals surface area contributed by atoms with Crippen molar-refractivity contribution in [2.75, 3.05) is 6.61 Å². The summed E-state index contributed by atoms with van der Waals surface area (Å²) in [5.41, 5.74) is 2.46. The van der Waals surface area contributed by atoms with Crippen LogP contribution in [0.25, 0.3) is 5.57 Å². The molecule has 0 fully saturated rings. The Hall–Kier alpha value is -1.61. The zero-order chi connectivity index (χ0) is 13.0. The minimum absolute atomic E-state index is 0.260. The topological polar surface area (TPSA) is 39.2 Å². The van der Waals surface area contributed by atoms with Gasteiger partial charge in [-0.05, 0) is 49.1 Å². The summed E-state index contributed by atoms with van der Waals surface area (Å²) < 4.78 is 5.08. The molecule has 3 nitrogen and oxygen atoms in total. The van der Waals surface area contributed by atoms with E-state index < -0.39 is 0 Å². The number of ether oxygens (including phenoxy) is 1. The van der Waals surface area contributed by atoms with Crippen molar-refractivity contribution in [3.63, 3.8) is 0 Å². The average molecular weight is 264 g/mol. The molecule has 0 atom stereocenters. The maximum Gasteiger partial charge on any atom is 0.334 e. The fourth-order valence-electron chi connectivity index (χ4n) is 1.91. The van der Waals surface area contributed by atoms with Crippen LogP contribution in [-0.4, -0.2) is 17.6 Å². The van der Waals surface area contributed by atoms with E-state index in [1.165, 1.54) is 0 Å². The van der Waals surface area contributed by atoms with Gasteiger partial charge in [0.25, 0.3) is 0 Å². The first-order chi connectivity index (χ1) is 8.72. The number of carbonyl (C=O) groups excluding carboxylic acids is 1. The summed E-state index contributed by atoms with van der Waals surface area (Å²) >= 11 is 6.07. The van der Waals surface area contributed by atoms with E-state index in [1.54, 1.807) is 19.3 Å². The quantitative estimate of drug-likeness (QED) is 0.786. The molecule has 0 radical (unpaired) electrons. The van der Waals surface area contributed by atoms with E-state index in [0.717, 1.165) is 16.2 Å². The molecule has 0 spiro atoms. The third-order valence-electron chi connectivity index (χ3n) is 2.75. The molecule has 4 heteroatoms. The van der Waals surface area contributed by atoms with Gasteiger partial charge in [-0.3, -0.25) is 4.98 Å². The highest BCUT2D eigenvalue weighted by atomic mass is 35.5. The highest BCUT2D eigenvalue weighted by Gasteiger charge is 2.20. The van der Waals surface area contributed by atoms with Crippen LogP contribution in [0.1, 0.15) is 25.3 Å². The zero-order valence-electron chi connectivity index (χ0n) is 10.1. The van der Waals surface area contributed by atoms with Crippen LogP contribution in [0.4, 0.5) is 0 Å². The second kappa shape index (κ2) is 5.83. The average Bonchev–Trinajstić information content (AvgIpc) is 2.40. The van der Waals surface area contributed by atoms with Gasteiger partial charge in [-0.15, -0.1) is 0 Å². The summed E-state index contributed by atoms with van der Waals surface area (Å²) in [5.74, 6) is -0.260. The van der Waals surface area contributed by atoms with Crippen LogP contribution in [0, 0.1) is 0 Å². The van der Waals surface area contributed by atoms with Gasteiger partial charge in [-0.25, -0.2) is 4.79 Å². The van der Waals surface area contributed by atoms with Crippen LogP contribution in [-0.2, 0) is 9.53 Å². The van der Waals surface area contributed by atoms with Crippen molar-refractivity contribution in [1.82, 2.24) is 4.98 Å². The normalized spacial score (nSPS) is 15.3. The summed E-state index contributed by atoms with van der Waals surface area (Å²) in [7, 11) is 0. The number of esters is 1. The molecular formula is C14H14ClNO2. The van der Waals surface area contributed by atoms with Gasteiger partial charge in [0.15, 0.2) is 0 Å². The minimum atomic E-state index is -0.260. The predicted molar refractivity (Wildman–Crippen MR) is 71.0 cm³/mol. The van der Waals surface area contributed by atoms with Crippen LogP contribution in [0.15, 0.2) is 41.2 Å². The molecule has 0 saturated carbocycles. The number of hydrogen-bond acceptors (Lipinski definition) is 3. The number of hydrogen-bond donors (Lipinski definition) is 0. The van der Waals surface area contributed by atoms with Crippen LogP contribution >= 0.6 is 11.6 Å². The molecule has 0 amide bonds. The smallest absolute Gasteiger partial charge is 0.334 e. The largest absolute Gasteiger partial charge is 0.463 e. The first-order valence-electron chi connectivity index (χ1n) is 5.89. The van der Waals surface area contributed by atoms with Gasteiger partial charge in [0.2, 0.25) is 0 Å². The van der Waals surface area contributed by atoms with Crippen LogP contribution in [0.3, 0.4) is 0 Å². The molecule has 1 heterocycles. The van der Waals surface area contributed by atoms with Gasteiger partial charge in [0, 0.05) is 23.0 Å². The first-order valence-corrected chi connectivity index (χ1v) is 6.27. The fourth-order valence-corrected chi connectivity index (χ4v) is 2.12. The SMILES string of the molecule is CCOC(=O)C1=C(c2ccncc2)C=C(Cl)CC1. The number of carbonyl (C=O) groups is 1. The Bertz CT molecular complexity index is 506. The molecule has 1 aliphatic rings. The van der Waals surface area contributed by atoms with Gasteiger partial charge in [-0.1, -0.05) is 11.6 Å². The molecule has 18 heavy (non-hydrogen) atoms. The van der Waals surface area contributed by atoms with Crippen molar-refractivity contribution >= 4 is 23.1 Å². The highest BCUT2D eigenvalue weighted by Crippen LogP contribution is 2.32. The van der Waals surface area contributed by atoms with E-state index in [0.29, 0.717) is 25.0 Å². The van der Waals surface area contributed by atoms with Crippen LogP contribution < -0.4 is 0 Å². The Morgan fingerprint density at radius 3 is 2.78 bits per heavy atom. The standard InChI is InChI=1S/C14H14ClNO2/c1-2-18-14(17)12-4-3-11(15)9-13(12)10-5-7-16-8-6-10/h5-9H,2-4H2,1H3. The summed E-state index contributed by atoms with van der Waals surface area (Å²) in [5, 5.41) is 0.759. The van der Waals surface area contributed by atoms with E-state index >= 15 is 0 Å². The highest BCUT2D eigenvalue weighted by molar-refractivity contribution is 6.30. The maximum absolute atomic E-state index is 11.9. The molecule has 0 aliphatic heterocycles. The number of nitrogens with zero attached hydrogens (tertiary/aromatic N) is 1. The lowest BCUT2D eigenvalue weighted by molar-refractivity contribution is -0.138. The predicted octanol–water partition coefficient (Wildman–Crippen LogP) is 3.31. The van der Waals surface area contributed by atoms with E-state index in [2.05, 4.69) is 4.98 Å². The molecule has 0 aromatic carbocycles. The molecule has 1 aliphatic carbocycles. The Morgan fingerprint density at radius 1 is 1.39 bits per heavy atom. The second-order valence-corrected chi connectivity index (χ2v) is 4.43. The third-order valence-corrected chi connectivity index (χ3v) is 3.05. The fraction of sp³-hybridized carbons (Fsp3) is 0.286. The zero-order valence-corrected chi connectivity index (χ0v) is 10.9. The second-order valence-electron chi connectivity index (χ2n) is 3.94. The Labute approximate surface area is 111 Å². The Kier molecular flexibility index (Phi) is 4.15. The molecule has 1 aromatic rings. The van der Waals surface area contributed by atoms with E-state index in [9.17, 15) is 4.79 Å². The molecule has 0 unspecified atom stereocenters. The molecule has 0 saturated heterocycles. The van der Waals surface area contributed by atoms with E-state index in [-0.39, 0.29) is 5.97 Å². The van der Waals surface area contributed by atoms with Crippen molar-refractivity contribution in [2.45, 2.75) is 19.8 Å². The van der Waals surface area contributed by atoms with Crippen molar-refractivity contribution in [2.24, 2.45) is 0 Å². The molecular weight excluding hydrogens is 250 g/mol. The number of pyridine rings is 1. The van der Waals surface area contributed by atoms with Gasteiger partial charge < -0.3 is 4.74 Å². The lowest BCUT2D eigenvalue weighted by atomic mass is 9.93. The third kappa shape index (κ3) is 2.79. The van der Waals surface area contributed by atoms with Gasteiger partial charge in [0.05, 0.1) is 6.61 Å². The maximum atomic E-state index is 11.9. The van der Waals surface area contributed by atoms with Crippen molar-refractivity contribution in [3.05, 3.63) is 46.8 Å².